The minimum absolute atomic E-state index is 0.0443. The number of hydrogen-bond acceptors (Lipinski definition) is 5. The van der Waals surface area contributed by atoms with Crippen molar-refractivity contribution < 1.29 is 16.8 Å². The minimum Gasteiger partial charge on any atom is -0.326 e. The van der Waals surface area contributed by atoms with Crippen LogP contribution in [0, 0.1) is 6.92 Å². The molecule has 0 bridgehead atoms. The molecule has 0 aromatic heterocycles. The van der Waals surface area contributed by atoms with E-state index in [1.165, 1.54) is 6.07 Å². The third-order valence-corrected chi connectivity index (χ3v) is 5.40. The standard InChI is InChI=1S/C12H20N2O4S2/c1-10-4-5-11(9-13)8-12(10)20(17,18)14-6-3-7-19(2,15)16/h4-5,8,14H,3,6-7,9,13H2,1-2H3. The summed E-state index contributed by atoms with van der Waals surface area (Å²) >= 11 is 0. The maximum atomic E-state index is 12.1. The number of sulfone groups is 1. The molecule has 6 nitrogen and oxygen atoms in total. The first kappa shape index (κ1) is 17.1. The lowest BCUT2D eigenvalue weighted by Gasteiger charge is -2.10. The van der Waals surface area contributed by atoms with Crippen molar-refractivity contribution in [2.45, 2.75) is 24.8 Å². The van der Waals surface area contributed by atoms with Crippen molar-refractivity contribution in [1.82, 2.24) is 4.72 Å². The summed E-state index contributed by atoms with van der Waals surface area (Å²) in [7, 11) is -6.72. The van der Waals surface area contributed by atoms with Gasteiger partial charge in [0.25, 0.3) is 0 Å². The molecule has 114 valence electrons. The minimum atomic E-state index is -3.64. The first-order chi connectivity index (χ1) is 9.15. The van der Waals surface area contributed by atoms with Crippen LogP contribution in [0.4, 0.5) is 0 Å². The van der Waals surface area contributed by atoms with Gasteiger partial charge in [-0.3, -0.25) is 0 Å². The van der Waals surface area contributed by atoms with Crippen LogP contribution in [0.2, 0.25) is 0 Å². The van der Waals surface area contributed by atoms with Gasteiger partial charge < -0.3 is 5.73 Å². The van der Waals surface area contributed by atoms with E-state index in [9.17, 15) is 16.8 Å². The maximum absolute atomic E-state index is 12.1. The third-order valence-electron chi connectivity index (χ3n) is 2.76. The van der Waals surface area contributed by atoms with E-state index < -0.39 is 19.9 Å². The fourth-order valence-corrected chi connectivity index (χ4v) is 3.72. The number of benzene rings is 1. The van der Waals surface area contributed by atoms with Crippen molar-refractivity contribution in [3.63, 3.8) is 0 Å². The summed E-state index contributed by atoms with van der Waals surface area (Å²) in [5, 5.41) is 0. The second kappa shape index (κ2) is 6.66. The quantitative estimate of drug-likeness (QED) is 0.696. The molecule has 3 N–H and O–H groups in total. The molecule has 0 fully saturated rings. The van der Waals surface area contributed by atoms with Crippen LogP contribution in [0.1, 0.15) is 17.5 Å². The summed E-state index contributed by atoms with van der Waals surface area (Å²) < 4.78 is 48.6. The Hall–Kier alpha value is -0.960. The predicted octanol–water partition coefficient (Wildman–Crippen LogP) is 0.167. The highest BCUT2D eigenvalue weighted by atomic mass is 32.2. The van der Waals surface area contributed by atoms with E-state index in [1.54, 1.807) is 19.1 Å². The van der Waals surface area contributed by atoms with E-state index in [0.717, 1.165) is 11.8 Å². The van der Waals surface area contributed by atoms with E-state index >= 15 is 0 Å². The number of aryl methyl sites for hydroxylation is 1. The lowest BCUT2D eigenvalue weighted by molar-refractivity contribution is 0.576. The molecule has 1 aromatic carbocycles. The van der Waals surface area contributed by atoms with Crippen LogP contribution >= 0.6 is 0 Å². The van der Waals surface area contributed by atoms with Crippen LogP contribution in [0.25, 0.3) is 0 Å². The van der Waals surface area contributed by atoms with Gasteiger partial charge in [-0.25, -0.2) is 21.6 Å². The molecule has 0 amide bonds. The molecule has 20 heavy (non-hydrogen) atoms. The number of nitrogens with one attached hydrogen (secondary N) is 1. The molecule has 8 heteroatoms. The Balaban J connectivity index is 2.79. The largest absolute Gasteiger partial charge is 0.326 e. The zero-order chi connectivity index (χ0) is 15.4. The van der Waals surface area contributed by atoms with Crippen LogP contribution in [-0.2, 0) is 26.4 Å². The van der Waals surface area contributed by atoms with E-state index in [2.05, 4.69) is 4.72 Å². The monoisotopic (exact) mass is 320 g/mol. The molecular weight excluding hydrogens is 300 g/mol. The summed E-state index contributed by atoms with van der Waals surface area (Å²) in [5.74, 6) is -0.0443. The third kappa shape index (κ3) is 5.20. The average molecular weight is 320 g/mol. The number of nitrogens with two attached hydrogens (primary N) is 1. The second-order valence-corrected chi connectivity index (χ2v) is 8.68. The molecular formula is C12H20N2O4S2. The molecule has 0 aliphatic rings. The predicted molar refractivity (Wildman–Crippen MR) is 78.6 cm³/mol. The van der Waals surface area contributed by atoms with Gasteiger partial charge in [0.2, 0.25) is 10.0 Å². The van der Waals surface area contributed by atoms with E-state index in [-0.39, 0.29) is 30.2 Å². The van der Waals surface area contributed by atoms with E-state index in [1.807, 2.05) is 0 Å². The molecule has 0 saturated heterocycles. The van der Waals surface area contributed by atoms with Gasteiger partial charge >= 0.3 is 0 Å². The number of rotatable bonds is 7. The number of sulfonamides is 1. The first-order valence-electron chi connectivity index (χ1n) is 6.13. The first-order valence-corrected chi connectivity index (χ1v) is 9.67. The Morgan fingerprint density at radius 3 is 2.40 bits per heavy atom. The van der Waals surface area contributed by atoms with Crippen molar-refractivity contribution >= 4 is 19.9 Å². The van der Waals surface area contributed by atoms with Gasteiger partial charge in [-0.1, -0.05) is 12.1 Å². The smallest absolute Gasteiger partial charge is 0.240 e. The van der Waals surface area contributed by atoms with Crippen LogP contribution in [0.5, 0.6) is 0 Å². The average Bonchev–Trinajstić information content (AvgIpc) is 2.34. The molecule has 1 rings (SSSR count). The Morgan fingerprint density at radius 1 is 1.20 bits per heavy atom. The van der Waals surface area contributed by atoms with Gasteiger partial charge in [-0.15, -0.1) is 0 Å². The summed E-state index contributed by atoms with van der Waals surface area (Å²) in [6.07, 6.45) is 1.37. The van der Waals surface area contributed by atoms with E-state index in [0.29, 0.717) is 5.56 Å². The van der Waals surface area contributed by atoms with Crippen LogP contribution in [-0.4, -0.2) is 35.4 Å². The van der Waals surface area contributed by atoms with Crippen molar-refractivity contribution in [3.05, 3.63) is 29.3 Å². The molecule has 0 unspecified atom stereocenters. The van der Waals surface area contributed by atoms with Crippen molar-refractivity contribution in [1.29, 1.82) is 0 Å². The van der Waals surface area contributed by atoms with Crippen LogP contribution in [0.15, 0.2) is 23.1 Å². The molecule has 0 heterocycles. The Morgan fingerprint density at radius 2 is 1.85 bits per heavy atom. The normalized spacial score (nSPS) is 12.6. The molecule has 1 aromatic rings. The molecule has 0 aliphatic carbocycles. The highest BCUT2D eigenvalue weighted by Gasteiger charge is 2.16. The Bertz CT molecular complexity index is 667. The topological polar surface area (TPSA) is 106 Å². The molecule has 0 radical (unpaired) electrons. The van der Waals surface area contributed by atoms with Gasteiger partial charge in [0.05, 0.1) is 10.6 Å². The highest BCUT2D eigenvalue weighted by Crippen LogP contribution is 2.16. The molecule has 0 saturated carbocycles. The Labute approximate surface area is 120 Å². The molecule has 0 aliphatic heterocycles. The van der Waals surface area contributed by atoms with Gasteiger partial charge in [-0.2, -0.15) is 0 Å². The van der Waals surface area contributed by atoms with Gasteiger partial charge in [0.15, 0.2) is 0 Å². The number of hydrogen-bond donors (Lipinski definition) is 2. The summed E-state index contributed by atoms with van der Waals surface area (Å²) in [6.45, 7) is 2.05. The van der Waals surface area contributed by atoms with Crippen molar-refractivity contribution in [2.75, 3.05) is 18.6 Å². The Kier molecular flexibility index (Phi) is 5.69. The zero-order valence-electron chi connectivity index (χ0n) is 11.6. The van der Waals surface area contributed by atoms with Crippen molar-refractivity contribution in [2.24, 2.45) is 5.73 Å². The lowest BCUT2D eigenvalue weighted by atomic mass is 10.1. The molecule has 0 spiro atoms. The van der Waals surface area contributed by atoms with Crippen LogP contribution < -0.4 is 10.5 Å². The highest BCUT2D eigenvalue weighted by molar-refractivity contribution is 7.90. The summed E-state index contributed by atoms with van der Waals surface area (Å²) in [5.41, 5.74) is 6.85. The molecule has 0 atom stereocenters. The lowest BCUT2D eigenvalue weighted by Crippen LogP contribution is -2.27. The maximum Gasteiger partial charge on any atom is 0.240 e. The van der Waals surface area contributed by atoms with Gasteiger partial charge in [-0.05, 0) is 30.5 Å². The van der Waals surface area contributed by atoms with E-state index in [4.69, 9.17) is 5.73 Å². The zero-order valence-corrected chi connectivity index (χ0v) is 13.2. The summed E-state index contributed by atoms with van der Waals surface area (Å²) in [6, 6.07) is 5.01. The van der Waals surface area contributed by atoms with Crippen LogP contribution in [0.3, 0.4) is 0 Å². The SMILES string of the molecule is Cc1ccc(CN)cc1S(=O)(=O)NCCCS(C)(=O)=O. The van der Waals surface area contributed by atoms with Crippen molar-refractivity contribution in [3.8, 4) is 0 Å². The second-order valence-electron chi connectivity index (χ2n) is 4.69. The fraction of sp³-hybridized carbons (Fsp3) is 0.500. The van der Waals surface area contributed by atoms with Gasteiger partial charge in [0, 0.05) is 19.3 Å². The summed E-state index contributed by atoms with van der Waals surface area (Å²) in [4.78, 5) is 0.180. The van der Waals surface area contributed by atoms with Gasteiger partial charge in [0.1, 0.15) is 9.84 Å². The fourth-order valence-electron chi connectivity index (χ4n) is 1.68.